The van der Waals surface area contributed by atoms with Crippen LogP contribution >= 0.6 is 23.4 Å². The van der Waals surface area contributed by atoms with Crippen LogP contribution in [0.1, 0.15) is 11.1 Å². The van der Waals surface area contributed by atoms with E-state index in [-0.39, 0.29) is 5.91 Å². The number of amides is 1. The molecular weight excluding hydrogens is 426 g/mol. The Morgan fingerprint density at radius 2 is 1.71 bits per heavy atom. The zero-order chi connectivity index (χ0) is 21.2. The van der Waals surface area contributed by atoms with Gasteiger partial charge in [0.25, 0.3) is 5.91 Å². The predicted octanol–water partition coefficient (Wildman–Crippen LogP) is 6.23. The Kier molecular flexibility index (Phi) is 5.37. The number of hydrogen-bond donors (Lipinski definition) is 1. The molecule has 0 bridgehead atoms. The highest BCUT2D eigenvalue weighted by Crippen LogP contribution is 2.31. The minimum absolute atomic E-state index is 0.130. The summed E-state index contributed by atoms with van der Waals surface area (Å²) in [6.07, 6.45) is 4.03. The fourth-order valence-corrected chi connectivity index (χ4v) is 4.51. The lowest BCUT2D eigenvalue weighted by Gasteiger charge is -2.05. The van der Waals surface area contributed by atoms with Crippen molar-refractivity contribution < 1.29 is 4.79 Å². The molecule has 1 aliphatic rings. The van der Waals surface area contributed by atoms with Crippen molar-refractivity contribution in [1.82, 2.24) is 9.88 Å². The smallest absolute Gasteiger partial charge is 0.264 e. The molecule has 1 aromatic heterocycles. The third kappa shape index (κ3) is 4.29. The molecule has 4 nitrogen and oxygen atoms in total. The Balaban J connectivity index is 1.47. The molecule has 6 heteroatoms. The number of carbonyl (C=O) groups is 1. The maximum atomic E-state index is 12.5. The second-order valence-electron chi connectivity index (χ2n) is 7.17. The summed E-state index contributed by atoms with van der Waals surface area (Å²) in [5.74, 6) is -0.130. The normalized spacial score (nSPS) is 16.4. The van der Waals surface area contributed by atoms with Gasteiger partial charge in [0.1, 0.15) is 0 Å². The van der Waals surface area contributed by atoms with Crippen molar-refractivity contribution in [1.29, 1.82) is 0 Å². The summed E-state index contributed by atoms with van der Waals surface area (Å²) in [5.41, 5.74) is 4.09. The standard InChI is InChI=1S/C25H18ClN3OS/c26-19-12-10-17(11-13-19)15-29-16-18(21-8-4-5-9-22(21)29)14-23-24(30)28-25(31-23)27-20-6-2-1-3-7-20/h1-14,16H,15H2,(H,27,28,30)/b23-14+. The largest absolute Gasteiger partial charge is 0.342 e. The van der Waals surface area contributed by atoms with E-state index in [1.165, 1.54) is 11.8 Å². The Labute approximate surface area is 189 Å². The van der Waals surface area contributed by atoms with Gasteiger partial charge in [-0.3, -0.25) is 4.79 Å². The fourth-order valence-electron chi connectivity index (χ4n) is 3.55. The van der Waals surface area contributed by atoms with E-state index in [1.807, 2.05) is 72.8 Å². The maximum absolute atomic E-state index is 12.5. The Hall–Kier alpha value is -3.28. The highest BCUT2D eigenvalue weighted by molar-refractivity contribution is 8.18. The SMILES string of the molecule is O=C1NC(=Nc2ccccc2)S/C1=C/c1cn(Cc2ccc(Cl)cc2)c2ccccc12. The maximum Gasteiger partial charge on any atom is 0.264 e. The monoisotopic (exact) mass is 443 g/mol. The molecule has 0 unspecified atom stereocenters. The molecule has 1 fully saturated rings. The first kappa shape index (κ1) is 19.7. The van der Waals surface area contributed by atoms with E-state index < -0.39 is 0 Å². The van der Waals surface area contributed by atoms with Crippen molar-refractivity contribution in [3.63, 3.8) is 0 Å². The third-order valence-corrected chi connectivity index (χ3v) is 6.17. The predicted molar refractivity (Wildman–Crippen MR) is 130 cm³/mol. The van der Waals surface area contributed by atoms with Gasteiger partial charge in [-0.05, 0) is 53.7 Å². The zero-order valence-corrected chi connectivity index (χ0v) is 18.0. The molecule has 31 heavy (non-hydrogen) atoms. The molecule has 0 atom stereocenters. The van der Waals surface area contributed by atoms with Gasteiger partial charge < -0.3 is 9.88 Å². The number of para-hydroxylation sites is 2. The number of thioether (sulfide) groups is 1. The fraction of sp³-hybridized carbons (Fsp3) is 0.0400. The summed E-state index contributed by atoms with van der Waals surface area (Å²) >= 11 is 7.38. The number of rotatable bonds is 4. The second kappa shape index (κ2) is 8.46. The number of nitrogens with one attached hydrogen (secondary N) is 1. The highest BCUT2D eigenvalue weighted by Gasteiger charge is 2.24. The van der Waals surface area contributed by atoms with Gasteiger partial charge in [0.15, 0.2) is 5.17 Å². The average Bonchev–Trinajstić information content (AvgIpc) is 3.30. The van der Waals surface area contributed by atoms with Crippen LogP contribution in [0.3, 0.4) is 0 Å². The molecule has 0 saturated carbocycles. The minimum Gasteiger partial charge on any atom is -0.342 e. The van der Waals surface area contributed by atoms with E-state index in [4.69, 9.17) is 11.6 Å². The number of hydrogen-bond acceptors (Lipinski definition) is 3. The van der Waals surface area contributed by atoms with Gasteiger partial charge in [-0.25, -0.2) is 4.99 Å². The van der Waals surface area contributed by atoms with Crippen molar-refractivity contribution >= 4 is 57.1 Å². The van der Waals surface area contributed by atoms with Gasteiger partial charge in [-0.15, -0.1) is 0 Å². The zero-order valence-electron chi connectivity index (χ0n) is 16.5. The van der Waals surface area contributed by atoms with Crippen molar-refractivity contribution in [3.05, 3.63) is 106 Å². The lowest BCUT2D eigenvalue weighted by atomic mass is 10.1. The summed E-state index contributed by atoms with van der Waals surface area (Å²) in [7, 11) is 0. The summed E-state index contributed by atoms with van der Waals surface area (Å²) in [6, 6.07) is 25.7. The average molecular weight is 444 g/mol. The molecule has 4 aromatic rings. The summed E-state index contributed by atoms with van der Waals surface area (Å²) in [4.78, 5) is 17.7. The Bertz CT molecular complexity index is 1320. The lowest BCUT2D eigenvalue weighted by molar-refractivity contribution is -0.115. The first-order valence-electron chi connectivity index (χ1n) is 9.83. The van der Waals surface area contributed by atoms with Crippen LogP contribution in [0.15, 0.2) is 95.0 Å². The van der Waals surface area contributed by atoms with E-state index in [0.717, 1.165) is 39.3 Å². The molecule has 1 saturated heterocycles. The number of aromatic nitrogens is 1. The molecule has 1 amide bonds. The first-order chi connectivity index (χ1) is 15.2. The van der Waals surface area contributed by atoms with Crippen LogP contribution in [0.2, 0.25) is 5.02 Å². The molecule has 0 aliphatic carbocycles. The number of amidine groups is 1. The van der Waals surface area contributed by atoms with Crippen molar-refractivity contribution in [2.24, 2.45) is 4.99 Å². The van der Waals surface area contributed by atoms with Crippen LogP contribution in [-0.2, 0) is 11.3 Å². The van der Waals surface area contributed by atoms with Gasteiger partial charge in [-0.2, -0.15) is 0 Å². The van der Waals surface area contributed by atoms with Crippen molar-refractivity contribution in [2.75, 3.05) is 0 Å². The van der Waals surface area contributed by atoms with Gasteiger partial charge >= 0.3 is 0 Å². The number of carbonyl (C=O) groups excluding carboxylic acids is 1. The topological polar surface area (TPSA) is 46.4 Å². The summed E-state index contributed by atoms with van der Waals surface area (Å²) < 4.78 is 2.20. The van der Waals surface area contributed by atoms with Crippen LogP contribution in [0.4, 0.5) is 5.69 Å². The van der Waals surface area contributed by atoms with Crippen LogP contribution in [0.25, 0.3) is 17.0 Å². The summed E-state index contributed by atoms with van der Waals surface area (Å²) in [5, 5.41) is 5.28. The molecule has 1 N–H and O–H groups in total. The molecule has 0 spiro atoms. The van der Waals surface area contributed by atoms with Gasteiger partial charge in [0.2, 0.25) is 0 Å². The van der Waals surface area contributed by atoms with E-state index in [2.05, 4.69) is 33.2 Å². The Morgan fingerprint density at radius 3 is 2.52 bits per heavy atom. The molecule has 152 valence electrons. The molecule has 2 heterocycles. The second-order valence-corrected chi connectivity index (χ2v) is 8.64. The molecule has 5 rings (SSSR count). The highest BCUT2D eigenvalue weighted by atomic mass is 35.5. The first-order valence-corrected chi connectivity index (χ1v) is 11.0. The van der Waals surface area contributed by atoms with Crippen LogP contribution < -0.4 is 5.32 Å². The van der Waals surface area contributed by atoms with E-state index >= 15 is 0 Å². The van der Waals surface area contributed by atoms with Gasteiger partial charge in [-0.1, -0.05) is 60.1 Å². The van der Waals surface area contributed by atoms with Crippen molar-refractivity contribution in [3.8, 4) is 0 Å². The van der Waals surface area contributed by atoms with E-state index in [0.29, 0.717) is 10.1 Å². The quantitative estimate of drug-likeness (QED) is 0.380. The number of nitrogens with zero attached hydrogens (tertiary/aromatic N) is 2. The van der Waals surface area contributed by atoms with Crippen LogP contribution in [-0.4, -0.2) is 15.6 Å². The third-order valence-electron chi connectivity index (χ3n) is 5.01. The number of benzene rings is 3. The summed E-state index contributed by atoms with van der Waals surface area (Å²) in [6.45, 7) is 0.723. The molecular formula is C25H18ClN3OS. The van der Waals surface area contributed by atoms with E-state index in [1.54, 1.807) is 0 Å². The lowest BCUT2D eigenvalue weighted by Crippen LogP contribution is -2.19. The van der Waals surface area contributed by atoms with E-state index in [9.17, 15) is 4.79 Å². The van der Waals surface area contributed by atoms with Crippen LogP contribution in [0, 0.1) is 0 Å². The Morgan fingerprint density at radius 1 is 0.968 bits per heavy atom. The van der Waals surface area contributed by atoms with Crippen LogP contribution in [0.5, 0.6) is 0 Å². The molecule has 3 aromatic carbocycles. The van der Waals surface area contributed by atoms with Crippen molar-refractivity contribution in [2.45, 2.75) is 6.54 Å². The minimum atomic E-state index is -0.130. The van der Waals surface area contributed by atoms with Gasteiger partial charge in [0, 0.05) is 34.2 Å². The number of halogens is 1. The molecule has 1 aliphatic heterocycles. The molecule has 0 radical (unpaired) electrons. The number of aliphatic imine (C=N–C) groups is 1. The number of fused-ring (bicyclic) bond motifs is 1. The van der Waals surface area contributed by atoms with Gasteiger partial charge in [0.05, 0.1) is 10.6 Å².